The number of aliphatic hydroxyl groups is 1. The van der Waals surface area contributed by atoms with E-state index in [9.17, 15) is 34.4 Å². The second-order valence-corrected chi connectivity index (χ2v) is 6.13. The molecule has 9 heteroatoms. The summed E-state index contributed by atoms with van der Waals surface area (Å²) in [6, 6.07) is 10.2. The molecule has 1 aliphatic heterocycles. The number of Topliss-reactive ketones (excluding diaryl/α,β-unsaturated/α-hetero) is 3. The number of ether oxygens (including phenoxy) is 1. The van der Waals surface area contributed by atoms with Crippen molar-refractivity contribution in [1.29, 1.82) is 0 Å². The zero-order valence-corrected chi connectivity index (χ0v) is 13.9. The summed E-state index contributed by atoms with van der Waals surface area (Å²) in [5, 5.41) is 21.6. The molecule has 4 rings (SSSR count). The smallest absolute Gasteiger partial charge is 0.381 e. The van der Waals surface area contributed by atoms with Crippen LogP contribution < -0.4 is 0 Å². The highest BCUT2D eigenvalue weighted by atomic mass is 16.6. The molecule has 0 atom stereocenters. The first kappa shape index (κ1) is 17.3. The van der Waals surface area contributed by atoms with Crippen molar-refractivity contribution < 1.29 is 33.9 Å². The van der Waals surface area contributed by atoms with Gasteiger partial charge in [0.1, 0.15) is 11.3 Å². The van der Waals surface area contributed by atoms with Crippen molar-refractivity contribution in [3.8, 4) is 0 Å². The van der Waals surface area contributed by atoms with Crippen molar-refractivity contribution in [2.24, 2.45) is 0 Å². The Hall–Kier alpha value is -4.14. The Morgan fingerprint density at radius 1 is 0.964 bits per heavy atom. The fraction of sp³-hybridized carbons (Fsp3) is 0.0526. The van der Waals surface area contributed by atoms with Gasteiger partial charge in [-0.25, -0.2) is 4.79 Å². The van der Waals surface area contributed by atoms with E-state index in [1.165, 1.54) is 36.4 Å². The van der Waals surface area contributed by atoms with Crippen molar-refractivity contribution in [2.75, 3.05) is 0 Å². The minimum atomic E-state index is -2.63. The summed E-state index contributed by atoms with van der Waals surface area (Å²) in [6.07, 6.45) is 0. The Morgan fingerprint density at radius 3 is 2.14 bits per heavy atom. The van der Waals surface area contributed by atoms with Gasteiger partial charge in [0.05, 0.1) is 4.92 Å². The second-order valence-electron chi connectivity index (χ2n) is 6.13. The van der Waals surface area contributed by atoms with Crippen LogP contribution in [0.5, 0.6) is 0 Å². The summed E-state index contributed by atoms with van der Waals surface area (Å²) in [5.74, 6) is -5.66. The van der Waals surface area contributed by atoms with Crippen molar-refractivity contribution in [1.82, 2.24) is 0 Å². The third kappa shape index (κ3) is 2.07. The first-order valence-electron chi connectivity index (χ1n) is 7.94. The second kappa shape index (κ2) is 5.68. The Morgan fingerprint density at radius 2 is 1.57 bits per heavy atom. The molecule has 0 radical (unpaired) electrons. The Kier molecular flexibility index (Phi) is 3.51. The van der Waals surface area contributed by atoms with Gasteiger partial charge in [0.15, 0.2) is 0 Å². The molecule has 1 N–H and O–H groups in total. The summed E-state index contributed by atoms with van der Waals surface area (Å²) in [4.78, 5) is 60.5. The van der Waals surface area contributed by atoms with E-state index in [0.717, 1.165) is 12.1 Å². The van der Waals surface area contributed by atoms with Crippen LogP contribution in [-0.2, 0) is 14.3 Å². The van der Waals surface area contributed by atoms with E-state index in [-0.39, 0.29) is 16.7 Å². The monoisotopic (exact) mass is 379 g/mol. The molecule has 1 spiro atoms. The van der Waals surface area contributed by atoms with E-state index in [2.05, 4.69) is 0 Å². The van der Waals surface area contributed by atoms with Gasteiger partial charge in [-0.15, -0.1) is 0 Å². The van der Waals surface area contributed by atoms with E-state index in [0.29, 0.717) is 0 Å². The molecule has 1 saturated heterocycles. The highest BCUT2D eigenvalue weighted by Crippen LogP contribution is 2.44. The van der Waals surface area contributed by atoms with Gasteiger partial charge in [-0.2, -0.15) is 0 Å². The lowest BCUT2D eigenvalue weighted by Gasteiger charge is -2.19. The Bertz CT molecular complexity index is 1130. The largest absolute Gasteiger partial charge is 0.507 e. The van der Waals surface area contributed by atoms with Crippen LogP contribution in [0.4, 0.5) is 5.69 Å². The van der Waals surface area contributed by atoms with Gasteiger partial charge in [-0.3, -0.25) is 24.5 Å². The zero-order chi connectivity index (χ0) is 20.2. The maximum absolute atomic E-state index is 12.9. The summed E-state index contributed by atoms with van der Waals surface area (Å²) < 4.78 is 4.92. The predicted molar refractivity (Wildman–Crippen MR) is 91.6 cm³/mol. The van der Waals surface area contributed by atoms with Crippen LogP contribution in [0.3, 0.4) is 0 Å². The number of hydrogen-bond acceptors (Lipinski definition) is 8. The molecule has 0 amide bonds. The number of non-ortho nitro benzene ring substituents is 1. The van der Waals surface area contributed by atoms with Gasteiger partial charge in [0.2, 0.25) is 11.6 Å². The zero-order valence-electron chi connectivity index (χ0n) is 13.9. The lowest BCUT2D eigenvalue weighted by atomic mass is 9.85. The third-order valence-corrected chi connectivity index (χ3v) is 4.63. The number of esters is 1. The van der Waals surface area contributed by atoms with Crippen LogP contribution in [0, 0.1) is 10.1 Å². The van der Waals surface area contributed by atoms with Gasteiger partial charge >= 0.3 is 5.97 Å². The molecular weight excluding hydrogens is 370 g/mol. The molecule has 0 saturated carbocycles. The summed E-state index contributed by atoms with van der Waals surface area (Å²) in [5.41, 5.74) is -4.20. The summed E-state index contributed by atoms with van der Waals surface area (Å²) in [6.45, 7) is 0. The lowest BCUT2D eigenvalue weighted by Crippen LogP contribution is -2.43. The van der Waals surface area contributed by atoms with Gasteiger partial charge in [0.25, 0.3) is 17.1 Å². The number of nitrogens with zero attached hydrogens (tertiary/aromatic N) is 1. The van der Waals surface area contributed by atoms with Crippen LogP contribution in [-0.4, -0.2) is 38.9 Å². The molecule has 2 aromatic carbocycles. The lowest BCUT2D eigenvalue weighted by molar-refractivity contribution is -0.384. The number of carbonyl (C=O) groups excluding carboxylic acids is 4. The SMILES string of the molecule is O=C1OC2(C(=O)c3ccccc3C2=O)C(=C(O)c2cccc([N+](=O)[O-])c2)C1=O. The molecule has 0 bridgehead atoms. The summed E-state index contributed by atoms with van der Waals surface area (Å²) in [7, 11) is 0. The van der Waals surface area contributed by atoms with Crippen molar-refractivity contribution in [3.05, 3.63) is 80.9 Å². The highest BCUT2D eigenvalue weighted by Gasteiger charge is 2.67. The topological polar surface area (TPSA) is 141 Å². The van der Waals surface area contributed by atoms with Crippen molar-refractivity contribution >= 4 is 34.8 Å². The molecular formula is C19H9NO8. The normalized spacial score (nSPS) is 19.0. The van der Waals surface area contributed by atoms with E-state index in [1.54, 1.807) is 0 Å². The van der Waals surface area contributed by atoms with E-state index >= 15 is 0 Å². The average molecular weight is 379 g/mol. The number of nitro benzene ring substituents is 1. The maximum Gasteiger partial charge on any atom is 0.381 e. The fourth-order valence-electron chi connectivity index (χ4n) is 3.37. The standard InChI is InChI=1S/C19H9NO8/c21-14(9-4-3-5-10(8-9)20(26)27)13-15(22)18(25)28-19(13)16(23)11-6-1-2-7-12(11)17(19)24/h1-8,21H. The minimum absolute atomic E-state index is 0.0562. The number of nitro groups is 1. The first-order chi connectivity index (χ1) is 13.3. The number of ketones is 3. The molecule has 0 aromatic heterocycles. The van der Waals surface area contributed by atoms with E-state index < -0.39 is 50.9 Å². The molecule has 0 unspecified atom stereocenters. The van der Waals surface area contributed by atoms with Gasteiger partial charge < -0.3 is 9.84 Å². The van der Waals surface area contributed by atoms with Crippen LogP contribution in [0.2, 0.25) is 0 Å². The number of fused-ring (bicyclic) bond motifs is 1. The number of hydrogen-bond donors (Lipinski definition) is 1. The Balaban J connectivity index is 1.99. The van der Waals surface area contributed by atoms with Crippen molar-refractivity contribution in [3.63, 3.8) is 0 Å². The molecule has 1 fully saturated rings. The highest BCUT2D eigenvalue weighted by molar-refractivity contribution is 6.52. The molecule has 2 aromatic rings. The van der Waals surface area contributed by atoms with Gasteiger partial charge in [-0.1, -0.05) is 36.4 Å². The van der Waals surface area contributed by atoms with Crippen LogP contribution in [0.15, 0.2) is 54.1 Å². The number of benzene rings is 2. The molecule has 28 heavy (non-hydrogen) atoms. The van der Waals surface area contributed by atoms with Crippen LogP contribution in [0.25, 0.3) is 5.76 Å². The molecule has 9 nitrogen and oxygen atoms in total. The quantitative estimate of drug-likeness (QED) is 0.158. The van der Waals surface area contributed by atoms with Gasteiger partial charge in [-0.05, 0) is 0 Å². The van der Waals surface area contributed by atoms with Crippen molar-refractivity contribution in [2.45, 2.75) is 5.60 Å². The number of rotatable bonds is 2. The maximum atomic E-state index is 12.9. The predicted octanol–water partition coefficient (Wildman–Crippen LogP) is 1.81. The Labute approximate surface area is 156 Å². The van der Waals surface area contributed by atoms with Gasteiger partial charge in [0, 0.05) is 28.8 Å². The summed E-state index contributed by atoms with van der Waals surface area (Å²) >= 11 is 0. The van der Waals surface area contributed by atoms with E-state index in [4.69, 9.17) is 4.74 Å². The number of aliphatic hydroxyl groups excluding tert-OH is 1. The minimum Gasteiger partial charge on any atom is -0.507 e. The molecule has 1 heterocycles. The average Bonchev–Trinajstić information content (AvgIpc) is 3.08. The molecule has 2 aliphatic rings. The third-order valence-electron chi connectivity index (χ3n) is 4.63. The first-order valence-corrected chi connectivity index (χ1v) is 7.94. The molecule has 138 valence electrons. The fourth-order valence-corrected chi connectivity index (χ4v) is 3.37. The van der Waals surface area contributed by atoms with Crippen LogP contribution >= 0.6 is 0 Å². The van der Waals surface area contributed by atoms with E-state index in [1.807, 2.05) is 0 Å². The molecule has 1 aliphatic carbocycles. The number of carbonyl (C=O) groups is 4. The van der Waals surface area contributed by atoms with Crippen LogP contribution in [0.1, 0.15) is 26.3 Å².